The van der Waals surface area contributed by atoms with E-state index in [0.717, 1.165) is 11.4 Å². The molecule has 0 fully saturated rings. The van der Waals surface area contributed by atoms with Gasteiger partial charge in [0.15, 0.2) is 0 Å². The smallest absolute Gasteiger partial charge is 0.137 e. The highest BCUT2D eigenvalue weighted by atomic mass is 35.5. The fourth-order valence-corrected chi connectivity index (χ4v) is 2.91. The summed E-state index contributed by atoms with van der Waals surface area (Å²) in [4.78, 5) is 0. The molecule has 0 atom stereocenters. The van der Waals surface area contributed by atoms with Gasteiger partial charge in [0.2, 0.25) is 0 Å². The molecule has 3 aromatic carbocycles. The van der Waals surface area contributed by atoms with Crippen molar-refractivity contribution < 1.29 is 9.47 Å². The van der Waals surface area contributed by atoms with Gasteiger partial charge < -0.3 is 14.8 Å². The number of methoxy groups -OCH3 is 1. The first kappa shape index (κ1) is 18.2. The van der Waals surface area contributed by atoms with Crippen LogP contribution in [-0.2, 0) is 13.2 Å². The van der Waals surface area contributed by atoms with Gasteiger partial charge >= 0.3 is 0 Å². The number of hydrogen-bond acceptors (Lipinski definition) is 3. The topological polar surface area (TPSA) is 30.5 Å². The monoisotopic (exact) mass is 367 g/mol. The second kappa shape index (κ2) is 8.63. The van der Waals surface area contributed by atoms with Crippen molar-refractivity contribution in [2.24, 2.45) is 0 Å². The van der Waals surface area contributed by atoms with Gasteiger partial charge in [-0.25, -0.2) is 0 Å². The number of nitrogens with one attached hydrogen (secondary N) is 1. The number of hydrogen-bond donors (Lipinski definition) is 1. The Labute approximate surface area is 159 Å². The molecule has 0 radical (unpaired) electrons. The lowest BCUT2D eigenvalue weighted by Crippen LogP contribution is -2.00. The summed E-state index contributed by atoms with van der Waals surface area (Å²) in [6, 6.07) is 22.1. The van der Waals surface area contributed by atoms with Crippen molar-refractivity contribution in [3.8, 4) is 11.5 Å². The average Bonchev–Trinajstić information content (AvgIpc) is 2.66. The minimum absolute atomic E-state index is 0.573. The molecule has 3 nitrogen and oxygen atoms in total. The van der Waals surface area contributed by atoms with Crippen LogP contribution in [0.25, 0.3) is 0 Å². The Balaban J connectivity index is 1.53. The molecule has 0 bridgehead atoms. The highest BCUT2D eigenvalue weighted by Crippen LogP contribution is 2.27. The third-order valence-electron chi connectivity index (χ3n) is 4.06. The van der Waals surface area contributed by atoms with E-state index in [-0.39, 0.29) is 0 Å². The van der Waals surface area contributed by atoms with Crippen molar-refractivity contribution >= 4 is 17.3 Å². The molecular formula is C22H22ClNO2. The van der Waals surface area contributed by atoms with Crippen LogP contribution >= 0.6 is 11.6 Å². The Hall–Kier alpha value is -2.65. The quantitative estimate of drug-likeness (QED) is 0.568. The zero-order chi connectivity index (χ0) is 18.4. The number of ether oxygens (including phenoxy) is 2. The van der Waals surface area contributed by atoms with Crippen LogP contribution in [0.3, 0.4) is 0 Å². The van der Waals surface area contributed by atoms with Crippen molar-refractivity contribution in [3.63, 3.8) is 0 Å². The molecule has 0 aliphatic rings. The van der Waals surface area contributed by atoms with Crippen LogP contribution in [0.2, 0.25) is 5.02 Å². The molecule has 3 aromatic rings. The summed E-state index contributed by atoms with van der Waals surface area (Å²) in [6.07, 6.45) is 0. The van der Waals surface area contributed by atoms with E-state index in [2.05, 4.69) is 42.6 Å². The Morgan fingerprint density at radius 2 is 1.73 bits per heavy atom. The van der Waals surface area contributed by atoms with Crippen LogP contribution in [0.5, 0.6) is 11.5 Å². The normalized spacial score (nSPS) is 10.4. The van der Waals surface area contributed by atoms with Gasteiger partial charge in [0.05, 0.1) is 12.1 Å². The van der Waals surface area contributed by atoms with Gasteiger partial charge in [-0.05, 0) is 48.4 Å². The fraction of sp³-hybridized carbons (Fsp3) is 0.182. The fourth-order valence-electron chi connectivity index (χ4n) is 2.65. The zero-order valence-corrected chi connectivity index (χ0v) is 15.7. The van der Waals surface area contributed by atoms with Crippen molar-refractivity contribution in [1.82, 2.24) is 0 Å². The SMILES string of the molecule is COc1ccc(NCc2ccc(OCc3cccc(C)c3)cc2)cc1Cl. The van der Waals surface area contributed by atoms with E-state index in [4.69, 9.17) is 21.1 Å². The zero-order valence-electron chi connectivity index (χ0n) is 15.0. The van der Waals surface area contributed by atoms with Crippen molar-refractivity contribution in [3.05, 3.63) is 88.4 Å². The van der Waals surface area contributed by atoms with Gasteiger partial charge in [0.1, 0.15) is 18.1 Å². The third kappa shape index (κ3) is 4.93. The summed E-state index contributed by atoms with van der Waals surface area (Å²) < 4.78 is 11.0. The van der Waals surface area contributed by atoms with E-state index in [9.17, 15) is 0 Å². The Morgan fingerprint density at radius 3 is 2.42 bits per heavy atom. The molecule has 0 unspecified atom stereocenters. The van der Waals surface area contributed by atoms with E-state index in [1.54, 1.807) is 7.11 Å². The van der Waals surface area contributed by atoms with E-state index >= 15 is 0 Å². The lowest BCUT2D eigenvalue weighted by molar-refractivity contribution is 0.306. The molecule has 0 saturated carbocycles. The molecule has 134 valence electrons. The van der Waals surface area contributed by atoms with Gasteiger partial charge in [-0.15, -0.1) is 0 Å². The van der Waals surface area contributed by atoms with Crippen LogP contribution in [0.1, 0.15) is 16.7 Å². The molecule has 0 aliphatic heterocycles. The summed E-state index contributed by atoms with van der Waals surface area (Å²) >= 11 is 6.15. The maximum absolute atomic E-state index is 6.15. The predicted molar refractivity (Wildman–Crippen MR) is 107 cm³/mol. The number of benzene rings is 3. The van der Waals surface area contributed by atoms with Gasteiger partial charge in [-0.1, -0.05) is 53.6 Å². The van der Waals surface area contributed by atoms with Crippen molar-refractivity contribution in [1.29, 1.82) is 0 Å². The molecule has 0 aliphatic carbocycles. The predicted octanol–water partition coefficient (Wildman–Crippen LogP) is 5.85. The lowest BCUT2D eigenvalue weighted by atomic mass is 10.1. The van der Waals surface area contributed by atoms with Gasteiger partial charge in [0.25, 0.3) is 0 Å². The summed E-state index contributed by atoms with van der Waals surface area (Å²) in [6.45, 7) is 3.37. The maximum atomic E-state index is 6.15. The van der Waals surface area contributed by atoms with Gasteiger partial charge in [-0.2, -0.15) is 0 Å². The van der Waals surface area contributed by atoms with Crippen LogP contribution in [-0.4, -0.2) is 7.11 Å². The number of rotatable bonds is 7. The highest BCUT2D eigenvalue weighted by Gasteiger charge is 2.02. The Morgan fingerprint density at radius 1 is 0.923 bits per heavy atom. The Kier molecular flexibility index (Phi) is 6.03. The van der Waals surface area contributed by atoms with Gasteiger partial charge in [-0.3, -0.25) is 0 Å². The second-order valence-electron chi connectivity index (χ2n) is 6.12. The molecule has 0 spiro atoms. The molecule has 4 heteroatoms. The molecule has 26 heavy (non-hydrogen) atoms. The molecule has 0 heterocycles. The molecule has 0 saturated heterocycles. The Bertz CT molecular complexity index is 862. The van der Waals surface area contributed by atoms with Crippen molar-refractivity contribution in [2.45, 2.75) is 20.1 Å². The second-order valence-corrected chi connectivity index (χ2v) is 6.53. The standard InChI is InChI=1S/C22H22ClNO2/c1-16-4-3-5-18(12-16)15-26-20-9-6-17(7-10-20)14-24-19-8-11-22(25-2)21(23)13-19/h3-13,24H,14-15H2,1-2H3. The molecule has 1 N–H and O–H groups in total. The van der Waals surface area contributed by atoms with Crippen molar-refractivity contribution in [2.75, 3.05) is 12.4 Å². The highest BCUT2D eigenvalue weighted by molar-refractivity contribution is 6.32. The first-order valence-electron chi connectivity index (χ1n) is 8.49. The van der Waals surface area contributed by atoms with E-state index in [1.807, 2.05) is 36.4 Å². The van der Waals surface area contributed by atoms with Crippen LogP contribution < -0.4 is 14.8 Å². The number of anilines is 1. The molecular weight excluding hydrogens is 346 g/mol. The van der Waals surface area contributed by atoms with E-state index < -0.39 is 0 Å². The van der Waals surface area contributed by atoms with Crippen LogP contribution in [0.15, 0.2) is 66.7 Å². The first-order chi connectivity index (χ1) is 12.6. The minimum Gasteiger partial charge on any atom is -0.495 e. The average molecular weight is 368 g/mol. The van der Waals surface area contributed by atoms with Crippen LogP contribution in [0.4, 0.5) is 5.69 Å². The molecule has 0 aromatic heterocycles. The summed E-state index contributed by atoms with van der Waals surface area (Å²) in [7, 11) is 1.61. The van der Waals surface area contributed by atoms with Gasteiger partial charge in [0, 0.05) is 12.2 Å². The minimum atomic E-state index is 0.573. The summed E-state index contributed by atoms with van der Waals surface area (Å²) in [5.41, 5.74) is 4.54. The van der Waals surface area contributed by atoms with E-state index in [1.165, 1.54) is 16.7 Å². The lowest BCUT2D eigenvalue weighted by Gasteiger charge is -2.10. The summed E-state index contributed by atoms with van der Waals surface area (Å²) in [5.74, 6) is 1.54. The summed E-state index contributed by atoms with van der Waals surface area (Å²) in [5, 5.41) is 3.95. The van der Waals surface area contributed by atoms with E-state index in [0.29, 0.717) is 23.9 Å². The van der Waals surface area contributed by atoms with Crippen LogP contribution in [0, 0.1) is 6.92 Å². The molecule has 0 amide bonds. The third-order valence-corrected chi connectivity index (χ3v) is 4.36. The first-order valence-corrected chi connectivity index (χ1v) is 8.86. The maximum Gasteiger partial charge on any atom is 0.137 e. The largest absolute Gasteiger partial charge is 0.495 e. The number of aryl methyl sites for hydroxylation is 1. The molecule has 3 rings (SSSR count). The number of halogens is 1.